The van der Waals surface area contributed by atoms with Crippen LogP contribution >= 0.6 is 11.3 Å². The van der Waals surface area contributed by atoms with E-state index in [9.17, 15) is 5.26 Å². The molecule has 0 unspecified atom stereocenters. The lowest BCUT2D eigenvalue weighted by atomic mass is 9.33. The fourth-order valence-corrected chi connectivity index (χ4v) is 15.9. The monoisotopic (exact) mass is 1130 g/mol. The minimum atomic E-state index is -0.280. The number of fused-ring (bicyclic) bond motifs is 16. The standard InChI is InChI=1S/C78H50BN7S/c1-78(2,3)48-40-71-75-72(41-48)84(53-33-37-59-58-24-11-15-31-73(58)87-74(59)45-53)70-43-51(85-66-29-13-9-22-55(66)60-25-16-18-47(46-80)76(60)85)34-38-63(70)79(75)62-39-35-52(86-67-30-14-10-23-56(67)61-26-17-27-64(81-4)77(61)86)44-69(62)83(71)50-32-36-57-54-21-8-12-28-65(54)82(68(57)42-50)49-19-6-5-7-20-49/h5-45H,1-3H3. The van der Waals surface area contributed by atoms with Gasteiger partial charge in [-0.2, -0.15) is 5.26 Å². The number of thiophene rings is 1. The Kier molecular flexibility index (Phi) is 10.3. The Morgan fingerprint density at radius 1 is 0.402 bits per heavy atom. The first-order chi connectivity index (χ1) is 42.7. The van der Waals surface area contributed by atoms with Gasteiger partial charge in [-0.3, -0.25) is 0 Å². The van der Waals surface area contributed by atoms with Crippen molar-refractivity contribution in [1.29, 1.82) is 5.26 Å². The van der Waals surface area contributed by atoms with Crippen LogP contribution in [0.2, 0.25) is 0 Å². The van der Waals surface area contributed by atoms with Crippen LogP contribution < -0.4 is 26.2 Å². The highest BCUT2D eigenvalue weighted by atomic mass is 32.1. The Hall–Kier alpha value is -11.1. The van der Waals surface area contributed by atoms with Gasteiger partial charge in [-0.15, -0.1) is 11.3 Å². The fourth-order valence-electron chi connectivity index (χ4n) is 14.8. The molecule has 7 nitrogen and oxygen atoms in total. The van der Waals surface area contributed by atoms with E-state index in [0.29, 0.717) is 11.3 Å². The maximum Gasteiger partial charge on any atom is 0.252 e. The molecule has 0 fully saturated rings. The van der Waals surface area contributed by atoms with E-state index >= 15 is 0 Å². The van der Waals surface area contributed by atoms with Crippen LogP contribution in [0.15, 0.2) is 249 Å². The predicted octanol–water partition coefficient (Wildman–Crippen LogP) is 19.1. The first-order valence-corrected chi connectivity index (χ1v) is 30.4. The number of hydrogen-bond acceptors (Lipinski definition) is 4. The molecular formula is C78H50BN7S. The lowest BCUT2D eigenvalue weighted by molar-refractivity contribution is 0.590. The molecule has 406 valence electrons. The third kappa shape index (κ3) is 6.98. The smallest absolute Gasteiger partial charge is 0.252 e. The summed E-state index contributed by atoms with van der Waals surface area (Å²) < 4.78 is 9.52. The molecule has 0 saturated carbocycles. The third-order valence-corrected chi connectivity index (χ3v) is 19.7. The molecule has 6 heterocycles. The van der Waals surface area contributed by atoms with Gasteiger partial charge in [-0.05, 0) is 136 Å². The zero-order chi connectivity index (χ0) is 58.0. The number of hydrogen-bond donors (Lipinski definition) is 0. The second kappa shape index (κ2) is 18.2. The molecule has 12 aromatic carbocycles. The van der Waals surface area contributed by atoms with E-state index in [1.807, 2.05) is 35.6 Å². The molecule has 0 N–H and O–H groups in total. The summed E-state index contributed by atoms with van der Waals surface area (Å²) in [6.07, 6.45) is 0. The highest BCUT2D eigenvalue weighted by Crippen LogP contribution is 2.50. The third-order valence-electron chi connectivity index (χ3n) is 18.6. The van der Waals surface area contributed by atoms with E-state index in [4.69, 9.17) is 6.57 Å². The van der Waals surface area contributed by atoms with Crippen LogP contribution in [0.4, 0.5) is 39.8 Å². The number of rotatable bonds is 5. The van der Waals surface area contributed by atoms with Crippen LogP contribution in [0.25, 0.3) is 107 Å². The van der Waals surface area contributed by atoms with E-state index in [1.54, 1.807) is 0 Å². The highest BCUT2D eigenvalue weighted by molar-refractivity contribution is 7.25. The lowest BCUT2D eigenvalue weighted by Gasteiger charge is -2.45. The molecule has 4 aromatic heterocycles. The first kappa shape index (κ1) is 49.3. The van der Waals surface area contributed by atoms with E-state index in [0.717, 1.165) is 106 Å². The van der Waals surface area contributed by atoms with Crippen molar-refractivity contribution in [2.75, 3.05) is 9.80 Å². The van der Waals surface area contributed by atoms with Gasteiger partial charge in [-0.1, -0.05) is 166 Å². The van der Waals surface area contributed by atoms with Gasteiger partial charge in [0.25, 0.3) is 6.71 Å². The van der Waals surface area contributed by atoms with Gasteiger partial charge >= 0.3 is 0 Å². The molecule has 0 amide bonds. The molecule has 9 heteroatoms. The predicted molar refractivity (Wildman–Crippen MR) is 366 cm³/mol. The van der Waals surface area contributed by atoms with Crippen molar-refractivity contribution in [2.24, 2.45) is 0 Å². The molecule has 18 rings (SSSR count). The highest BCUT2D eigenvalue weighted by Gasteiger charge is 2.45. The number of para-hydroxylation sites is 6. The van der Waals surface area contributed by atoms with Crippen molar-refractivity contribution < 1.29 is 0 Å². The summed E-state index contributed by atoms with van der Waals surface area (Å²) in [6, 6.07) is 93.2. The summed E-state index contributed by atoms with van der Waals surface area (Å²) in [4.78, 5) is 9.26. The topological polar surface area (TPSA) is 49.4 Å². The summed E-state index contributed by atoms with van der Waals surface area (Å²) in [6.45, 7) is 15.3. The first-order valence-electron chi connectivity index (χ1n) is 29.6. The normalized spacial score (nSPS) is 12.9. The van der Waals surface area contributed by atoms with E-state index in [2.05, 4.69) is 280 Å². The summed E-state index contributed by atoms with van der Waals surface area (Å²) in [7, 11) is 0. The van der Waals surface area contributed by atoms with Crippen molar-refractivity contribution in [3.05, 3.63) is 271 Å². The maximum absolute atomic E-state index is 10.8. The summed E-state index contributed by atoms with van der Waals surface area (Å²) in [5, 5.41) is 20.0. The number of aromatic nitrogens is 3. The van der Waals surface area contributed by atoms with Crippen LogP contribution in [0.3, 0.4) is 0 Å². The van der Waals surface area contributed by atoms with Crippen LogP contribution in [0.5, 0.6) is 0 Å². The van der Waals surface area contributed by atoms with Gasteiger partial charge in [0.1, 0.15) is 6.07 Å². The zero-order valence-electron chi connectivity index (χ0n) is 47.8. The van der Waals surface area contributed by atoms with E-state index in [-0.39, 0.29) is 12.1 Å². The molecule has 0 saturated heterocycles. The molecule has 2 aliphatic rings. The van der Waals surface area contributed by atoms with Crippen LogP contribution in [0, 0.1) is 17.9 Å². The minimum absolute atomic E-state index is 0.220. The number of anilines is 6. The number of nitrogens with zero attached hydrogens (tertiary/aromatic N) is 7. The van der Waals surface area contributed by atoms with Gasteiger partial charge < -0.3 is 23.5 Å². The van der Waals surface area contributed by atoms with Gasteiger partial charge in [0.2, 0.25) is 5.69 Å². The second-order valence-electron chi connectivity index (χ2n) is 24.2. The van der Waals surface area contributed by atoms with Crippen molar-refractivity contribution in [1.82, 2.24) is 13.7 Å². The Bertz CT molecular complexity index is 5760. The molecule has 16 aromatic rings. The lowest BCUT2D eigenvalue weighted by Crippen LogP contribution is -2.61. The number of benzene rings is 12. The summed E-state index contributed by atoms with van der Waals surface area (Å²) in [5.41, 5.74) is 21.4. The zero-order valence-corrected chi connectivity index (χ0v) is 48.6. The van der Waals surface area contributed by atoms with Gasteiger partial charge in [0, 0.05) is 98.3 Å². The van der Waals surface area contributed by atoms with Gasteiger partial charge in [-0.25, -0.2) is 4.85 Å². The average Bonchev–Trinajstić information content (AvgIpc) is 1.33. The van der Waals surface area contributed by atoms with Gasteiger partial charge in [0.05, 0.1) is 45.2 Å². The molecule has 0 bridgehead atoms. The molecule has 0 spiro atoms. The van der Waals surface area contributed by atoms with Crippen molar-refractivity contribution in [3.8, 4) is 23.1 Å². The van der Waals surface area contributed by atoms with Crippen LogP contribution in [0.1, 0.15) is 31.9 Å². The van der Waals surface area contributed by atoms with Crippen molar-refractivity contribution >= 4 is 160 Å². The average molecular weight is 1130 g/mol. The molecular weight excluding hydrogens is 1080 g/mol. The fraction of sp³-hybridized carbons (Fsp3) is 0.0513. The molecule has 87 heavy (non-hydrogen) atoms. The maximum atomic E-state index is 10.8. The number of nitriles is 1. The SMILES string of the molecule is [C-]#[N+]c1cccc2c3ccccc3n(-c3ccc4c(c3)N(c3ccc5c6ccccc6n(-c6ccccc6)c5c3)c3cc(C(C)(C)C)cc5c3B4c3ccc(-n4c6ccccc6c6cccc(C#N)c64)cc3N5c3ccc4c(c3)sc3ccccc34)c12. The van der Waals surface area contributed by atoms with Crippen molar-refractivity contribution in [2.45, 2.75) is 26.2 Å². The Balaban J connectivity index is 0.971. The Labute approximate surface area is 506 Å². The quantitative estimate of drug-likeness (QED) is 0.127. The van der Waals surface area contributed by atoms with E-state index < -0.39 is 0 Å². The molecule has 2 aliphatic heterocycles. The van der Waals surface area contributed by atoms with Gasteiger partial charge in [0.15, 0.2) is 0 Å². The van der Waals surface area contributed by atoms with Crippen LogP contribution in [-0.4, -0.2) is 20.4 Å². The van der Waals surface area contributed by atoms with Crippen LogP contribution in [-0.2, 0) is 5.41 Å². The second-order valence-corrected chi connectivity index (χ2v) is 25.3. The Morgan fingerprint density at radius 2 is 0.897 bits per heavy atom. The summed E-state index contributed by atoms with van der Waals surface area (Å²) >= 11 is 1.84. The summed E-state index contributed by atoms with van der Waals surface area (Å²) in [5.74, 6) is 0. The van der Waals surface area contributed by atoms with E-state index in [1.165, 1.54) is 52.9 Å². The minimum Gasteiger partial charge on any atom is -0.319 e. The Morgan fingerprint density at radius 3 is 1.53 bits per heavy atom. The molecule has 0 aliphatic carbocycles. The largest absolute Gasteiger partial charge is 0.319 e. The van der Waals surface area contributed by atoms with Crippen molar-refractivity contribution in [3.63, 3.8) is 0 Å². The molecule has 0 atom stereocenters. The molecule has 0 radical (unpaired) electrons.